The highest BCUT2D eigenvalue weighted by Gasteiger charge is 2.22. The number of nitrogens with one attached hydrogen (secondary N) is 1. The first kappa shape index (κ1) is 11.3. The minimum Gasteiger partial charge on any atom is -0.331 e. The lowest BCUT2D eigenvalue weighted by atomic mass is 10.1. The summed E-state index contributed by atoms with van der Waals surface area (Å²) < 4.78 is 2.55. The Morgan fingerprint density at radius 3 is 2.94 bits per heavy atom. The number of rotatable bonds is 3. The Morgan fingerprint density at radius 1 is 1.35 bits per heavy atom. The lowest BCUT2D eigenvalue weighted by Gasteiger charge is -2.18. The summed E-state index contributed by atoms with van der Waals surface area (Å²) in [5.41, 5.74) is 2.83. The maximum absolute atomic E-state index is 4.81. The van der Waals surface area contributed by atoms with Crippen molar-refractivity contribution >= 4 is 0 Å². The first-order valence-corrected chi connectivity index (χ1v) is 7.16. The number of hydrogen-bond acceptors (Lipinski definition) is 2. The molecule has 2 heterocycles. The second-order valence-electron chi connectivity index (χ2n) is 5.46. The van der Waals surface area contributed by atoms with E-state index in [0.717, 1.165) is 31.8 Å². The molecule has 94 valence electrons. The second-order valence-corrected chi connectivity index (χ2v) is 5.46. The van der Waals surface area contributed by atoms with Gasteiger partial charge in [-0.1, -0.05) is 19.8 Å². The van der Waals surface area contributed by atoms with Crippen LogP contribution in [0.25, 0.3) is 0 Å². The van der Waals surface area contributed by atoms with Crippen LogP contribution >= 0.6 is 0 Å². The van der Waals surface area contributed by atoms with Gasteiger partial charge in [-0.3, -0.25) is 0 Å². The standard InChI is InChI=1S/C14H23N3/c1-2-14-16-12-9-15-8-7-13(12)17(14)10-11-5-3-4-6-11/h11,15H,2-10H2,1H3. The minimum absolute atomic E-state index is 0.911. The lowest BCUT2D eigenvalue weighted by Crippen LogP contribution is -2.25. The molecule has 3 heteroatoms. The maximum Gasteiger partial charge on any atom is 0.108 e. The normalized spacial score (nSPS) is 20.8. The molecular formula is C14H23N3. The van der Waals surface area contributed by atoms with Gasteiger partial charge in [-0.15, -0.1) is 0 Å². The SMILES string of the molecule is CCc1nc2c(n1CC1CCCC1)CCNC2. The van der Waals surface area contributed by atoms with Crippen molar-refractivity contribution in [3.05, 3.63) is 17.2 Å². The van der Waals surface area contributed by atoms with Gasteiger partial charge >= 0.3 is 0 Å². The van der Waals surface area contributed by atoms with Crippen LogP contribution in [0.3, 0.4) is 0 Å². The molecule has 3 nitrogen and oxygen atoms in total. The quantitative estimate of drug-likeness (QED) is 0.868. The van der Waals surface area contributed by atoms with E-state index in [-0.39, 0.29) is 0 Å². The average Bonchev–Trinajstić information content (AvgIpc) is 2.98. The summed E-state index contributed by atoms with van der Waals surface area (Å²) >= 11 is 0. The molecule has 0 bridgehead atoms. The van der Waals surface area contributed by atoms with E-state index >= 15 is 0 Å². The van der Waals surface area contributed by atoms with Gasteiger partial charge in [0, 0.05) is 38.2 Å². The number of aryl methyl sites for hydroxylation is 1. The number of nitrogens with zero attached hydrogens (tertiary/aromatic N) is 2. The maximum atomic E-state index is 4.81. The molecule has 1 aromatic heterocycles. The Labute approximate surface area is 104 Å². The van der Waals surface area contributed by atoms with Crippen LogP contribution in [-0.4, -0.2) is 16.1 Å². The Morgan fingerprint density at radius 2 is 2.18 bits per heavy atom. The summed E-state index contributed by atoms with van der Waals surface area (Å²) in [5.74, 6) is 2.22. The smallest absolute Gasteiger partial charge is 0.108 e. The van der Waals surface area contributed by atoms with Crippen LogP contribution in [0.2, 0.25) is 0 Å². The summed E-state index contributed by atoms with van der Waals surface area (Å²) in [7, 11) is 0. The predicted octanol–water partition coefficient (Wildman–Crippen LogP) is 2.28. The highest BCUT2D eigenvalue weighted by molar-refractivity contribution is 5.20. The molecule has 17 heavy (non-hydrogen) atoms. The Bertz CT molecular complexity index is 388. The van der Waals surface area contributed by atoms with Gasteiger partial charge in [0.2, 0.25) is 0 Å². The summed E-state index contributed by atoms with van der Waals surface area (Å²) in [5, 5.41) is 3.42. The van der Waals surface area contributed by atoms with Gasteiger partial charge in [-0.05, 0) is 18.8 Å². The van der Waals surface area contributed by atoms with Crippen LogP contribution in [-0.2, 0) is 25.9 Å². The first-order valence-electron chi connectivity index (χ1n) is 7.16. The van der Waals surface area contributed by atoms with Gasteiger partial charge in [0.1, 0.15) is 5.82 Å². The van der Waals surface area contributed by atoms with E-state index < -0.39 is 0 Å². The summed E-state index contributed by atoms with van der Waals surface area (Å²) in [4.78, 5) is 4.81. The first-order chi connectivity index (χ1) is 8.38. The van der Waals surface area contributed by atoms with Gasteiger partial charge in [0.25, 0.3) is 0 Å². The molecule has 2 aliphatic rings. The average molecular weight is 233 g/mol. The summed E-state index contributed by atoms with van der Waals surface area (Å²) in [6, 6.07) is 0. The highest BCUT2D eigenvalue weighted by atomic mass is 15.1. The fraction of sp³-hybridized carbons (Fsp3) is 0.786. The molecule has 0 aromatic carbocycles. The van der Waals surface area contributed by atoms with Crippen molar-refractivity contribution in [1.29, 1.82) is 0 Å². The Kier molecular flexibility index (Phi) is 3.19. The number of hydrogen-bond donors (Lipinski definition) is 1. The zero-order chi connectivity index (χ0) is 11.7. The van der Waals surface area contributed by atoms with Crippen LogP contribution in [0.5, 0.6) is 0 Å². The van der Waals surface area contributed by atoms with Crippen molar-refractivity contribution in [3.8, 4) is 0 Å². The van der Waals surface area contributed by atoms with Crippen molar-refractivity contribution in [2.75, 3.05) is 6.54 Å². The summed E-state index contributed by atoms with van der Waals surface area (Å²) in [6.45, 7) is 5.55. The predicted molar refractivity (Wildman–Crippen MR) is 69.0 cm³/mol. The number of imidazole rings is 1. The Balaban J connectivity index is 1.87. The third-order valence-electron chi connectivity index (χ3n) is 4.30. The second kappa shape index (κ2) is 4.81. The molecule has 0 atom stereocenters. The largest absolute Gasteiger partial charge is 0.331 e. The van der Waals surface area contributed by atoms with Gasteiger partial charge in [-0.2, -0.15) is 0 Å². The van der Waals surface area contributed by atoms with Crippen molar-refractivity contribution in [2.45, 2.75) is 58.5 Å². The van der Waals surface area contributed by atoms with Gasteiger partial charge in [-0.25, -0.2) is 4.98 Å². The third kappa shape index (κ3) is 2.13. The van der Waals surface area contributed by atoms with Gasteiger partial charge in [0.05, 0.1) is 5.69 Å². The molecular weight excluding hydrogens is 210 g/mol. The molecule has 0 unspecified atom stereocenters. The Hall–Kier alpha value is -0.830. The monoisotopic (exact) mass is 233 g/mol. The molecule has 1 aromatic rings. The van der Waals surface area contributed by atoms with E-state index in [0.29, 0.717) is 0 Å². The zero-order valence-electron chi connectivity index (χ0n) is 10.8. The van der Waals surface area contributed by atoms with Crippen molar-refractivity contribution in [1.82, 2.24) is 14.9 Å². The van der Waals surface area contributed by atoms with E-state index in [4.69, 9.17) is 4.98 Å². The zero-order valence-corrected chi connectivity index (χ0v) is 10.8. The van der Waals surface area contributed by atoms with Crippen molar-refractivity contribution in [3.63, 3.8) is 0 Å². The van der Waals surface area contributed by atoms with Gasteiger partial charge < -0.3 is 9.88 Å². The topological polar surface area (TPSA) is 29.9 Å². The van der Waals surface area contributed by atoms with Crippen molar-refractivity contribution < 1.29 is 0 Å². The fourth-order valence-electron chi connectivity index (χ4n) is 3.36. The molecule has 1 aliphatic heterocycles. The molecule has 0 amide bonds. The van der Waals surface area contributed by atoms with Crippen LogP contribution in [0.4, 0.5) is 0 Å². The van der Waals surface area contributed by atoms with Crippen LogP contribution in [0, 0.1) is 5.92 Å². The fourth-order valence-corrected chi connectivity index (χ4v) is 3.36. The lowest BCUT2D eigenvalue weighted by molar-refractivity contribution is 0.435. The van der Waals surface area contributed by atoms with Crippen LogP contribution in [0.15, 0.2) is 0 Å². The van der Waals surface area contributed by atoms with E-state index in [2.05, 4.69) is 16.8 Å². The number of aromatic nitrogens is 2. The number of fused-ring (bicyclic) bond motifs is 1. The molecule has 0 saturated heterocycles. The molecule has 3 rings (SSSR count). The van der Waals surface area contributed by atoms with Crippen LogP contribution < -0.4 is 5.32 Å². The van der Waals surface area contributed by atoms with Crippen molar-refractivity contribution in [2.24, 2.45) is 5.92 Å². The highest BCUT2D eigenvalue weighted by Crippen LogP contribution is 2.28. The summed E-state index contributed by atoms with van der Waals surface area (Å²) in [6.07, 6.45) is 7.95. The molecule has 0 radical (unpaired) electrons. The minimum atomic E-state index is 0.911. The van der Waals surface area contributed by atoms with E-state index in [1.165, 1.54) is 49.4 Å². The molecule has 0 spiro atoms. The van der Waals surface area contributed by atoms with E-state index in [9.17, 15) is 0 Å². The van der Waals surface area contributed by atoms with Gasteiger partial charge in [0.15, 0.2) is 0 Å². The molecule has 1 N–H and O–H groups in total. The molecule has 1 aliphatic carbocycles. The van der Waals surface area contributed by atoms with Crippen LogP contribution in [0.1, 0.15) is 49.8 Å². The molecule has 1 saturated carbocycles. The third-order valence-corrected chi connectivity index (χ3v) is 4.30. The van der Waals surface area contributed by atoms with E-state index in [1.54, 1.807) is 0 Å². The van der Waals surface area contributed by atoms with E-state index in [1.807, 2.05) is 0 Å². The molecule has 1 fully saturated rings.